The van der Waals surface area contributed by atoms with Gasteiger partial charge in [-0.25, -0.2) is 17.8 Å². The van der Waals surface area contributed by atoms with E-state index in [2.05, 4.69) is 26.3 Å². The van der Waals surface area contributed by atoms with Crippen LogP contribution in [0.25, 0.3) is 0 Å². The first kappa shape index (κ1) is 21.8. The minimum absolute atomic E-state index is 0.0525. The predicted octanol–water partition coefficient (Wildman–Crippen LogP) is 3.70. The Morgan fingerprint density at radius 1 is 1.33 bits per heavy atom. The summed E-state index contributed by atoms with van der Waals surface area (Å²) in [4.78, 5) is 3.18. The third-order valence-electron chi connectivity index (χ3n) is 3.99. The second kappa shape index (κ2) is 10.2. The molecular weight excluding hydrogens is 413 g/mol. The number of anilines is 2. The van der Waals surface area contributed by atoms with E-state index in [4.69, 9.17) is 17.3 Å². The molecule has 4 N–H and O–H groups in total. The van der Waals surface area contributed by atoms with Crippen molar-refractivity contribution in [1.29, 1.82) is 0 Å². The van der Waals surface area contributed by atoms with Gasteiger partial charge in [-0.1, -0.05) is 31.4 Å². The molecule has 0 unspecified atom stereocenters. The van der Waals surface area contributed by atoms with Crippen molar-refractivity contribution < 1.29 is 12.8 Å². The summed E-state index contributed by atoms with van der Waals surface area (Å²) in [5, 5.41) is 3.23. The summed E-state index contributed by atoms with van der Waals surface area (Å²) in [6.07, 6.45) is 5.29. The summed E-state index contributed by atoms with van der Waals surface area (Å²) in [5.41, 5.74) is 5.94. The topological polar surface area (TPSA) is 110 Å². The number of unbranched alkanes of at least 4 members (excludes halogenated alkanes) is 2. The quantitative estimate of drug-likeness (QED) is 0.464. The Hall–Kier alpha value is -1.49. The molecule has 0 aliphatic heterocycles. The van der Waals surface area contributed by atoms with Gasteiger partial charge in [-0.2, -0.15) is 4.37 Å². The lowest BCUT2D eigenvalue weighted by Gasteiger charge is -2.12. The zero-order valence-electron chi connectivity index (χ0n) is 14.9. The molecule has 7 nitrogen and oxygen atoms in total. The third kappa shape index (κ3) is 6.56. The van der Waals surface area contributed by atoms with Crippen molar-refractivity contribution in [2.24, 2.45) is 11.7 Å². The van der Waals surface area contributed by atoms with Crippen LogP contribution in [0.1, 0.15) is 32.6 Å². The molecule has 0 saturated carbocycles. The Labute approximate surface area is 167 Å². The molecule has 2 rings (SSSR count). The molecule has 0 fully saturated rings. The molecule has 0 spiro atoms. The summed E-state index contributed by atoms with van der Waals surface area (Å²) < 4.78 is 44.8. The van der Waals surface area contributed by atoms with E-state index < -0.39 is 20.7 Å². The van der Waals surface area contributed by atoms with E-state index in [0.717, 1.165) is 49.3 Å². The van der Waals surface area contributed by atoms with Gasteiger partial charge in [0.15, 0.2) is 0 Å². The maximum atomic E-state index is 14.3. The van der Waals surface area contributed by atoms with Crippen molar-refractivity contribution in [3.63, 3.8) is 0 Å². The standard InChI is InChI=1S/C16H23ClFN5O2S2/c1-11(9-19)5-3-2-4-6-20-14-8-13(18)15(7-12(14)17)27(24,25)23-16-21-10-22-26-16/h7-8,10-11,20H,2-6,9,19H2,1H3,(H,21,22,23)/t11-/m1/s1. The lowest BCUT2D eigenvalue weighted by molar-refractivity contribution is 0.502. The summed E-state index contributed by atoms with van der Waals surface area (Å²) in [7, 11) is -4.14. The van der Waals surface area contributed by atoms with Crippen molar-refractivity contribution >= 4 is 44.0 Å². The first-order chi connectivity index (χ1) is 12.8. The van der Waals surface area contributed by atoms with Gasteiger partial charge in [0, 0.05) is 18.1 Å². The van der Waals surface area contributed by atoms with Gasteiger partial charge in [0.25, 0.3) is 10.0 Å². The molecule has 1 aromatic carbocycles. The van der Waals surface area contributed by atoms with Gasteiger partial charge in [-0.3, -0.25) is 4.72 Å². The van der Waals surface area contributed by atoms with Crippen LogP contribution in [-0.4, -0.2) is 30.9 Å². The van der Waals surface area contributed by atoms with Crippen molar-refractivity contribution in [3.05, 3.63) is 29.3 Å². The minimum atomic E-state index is -4.14. The highest BCUT2D eigenvalue weighted by Gasteiger charge is 2.22. The first-order valence-electron chi connectivity index (χ1n) is 8.56. The zero-order valence-corrected chi connectivity index (χ0v) is 17.3. The fourth-order valence-electron chi connectivity index (χ4n) is 2.39. The fraction of sp³-hybridized carbons (Fsp3) is 0.500. The molecule has 0 aliphatic carbocycles. The smallest absolute Gasteiger partial charge is 0.266 e. The lowest BCUT2D eigenvalue weighted by Crippen LogP contribution is -2.15. The van der Waals surface area contributed by atoms with Crippen LogP contribution in [0.3, 0.4) is 0 Å². The monoisotopic (exact) mass is 435 g/mol. The molecule has 0 radical (unpaired) electrons. The Bertz CT molecular complexity index is 834. The maximum absolute atomic E-state index is 14.3. The summed E-state index contributed by atoms with van der Waals surface area (Å²) >= 11 is 6.98. The molecule has 0 bridgehead atoms. The predicted molar refractivity (Wildman–Crippen MR) is 107 cm³/mol. The van der Waals surface area contributed by atoms with E-state index in [1.54, 1.807) is 0 Å². The third-order valence-corrected chi connectivity index (χ3v) is 6.36. The Kier molecular flexibility index (Phi) is 8.21. The molecule has 0 amide bonds. The number of sulfonamides is 1. The van der Waals surface area contributed by atoms with Gasteiger partial charge in [0.2, 0.25) is 5.13 Å². The van der Waals surface area contributed by atoms with E-state index in [9.17, 15) is 12.8 Å². The number of benzene rings is 1. The van der Waals surface area contributed by atoms with E-state index in [-0.39, 0.29) is 10.2 Å². The van der Waals surface area contributed by atoms with Crippen LogP contribution in [-0.2, 0) is 10.0 Å². The molecule has 11 heteroatoms. The van der Waals surface area contributed by atoms with Crippen LogP contribution in [0.15, 0.2) is 23.4 Å². The largest absolute Gasteiger partial charge is 0.384 e. The number of rotatable bonds is 11. The molecule has 2 aromatic rings. The molecule has 0 aliphatic rings. The highest BCUT2D eigenvalue weighted by atomic mass is 35.5. The lowest BCUT2D eigenvalue weighted by atomic mass is 10.0. The van der Waals surface area contributed by atoms with Crippen LogP contribution in [0.2, 0.25) is 5.02 Å². The zero-order chi connectivity index (χ0) is 19.9. The van der Waals surface area contributed by atoms with Gasteiger partial charge in [-0.15, -0.1) is 0 Å². The van der Waals surface area contributed by atoms with E-state index in [1.165, 1.54) is 6.33 Å². The summed E-state index contributed by atoms with van der Waals surface area (Å²) in [6.45, 7) is 3.43. The Balaban J connectivity index is 1.94. The van der Waals surface area contributed by atoms with Crippen LogP contribution in [0, 0.1) is 11.7 Å². The second-order valence-corrected chi connectivity index (χ2v) is 9.07. The van der Waals surface area contributed by atoms with Gasteiger partial charge in [-0.05, 0) is 37.4 Å². The average molecular weight is 436 g/mol. The van der Waals surface area contributed by atoms with Crippen LogP contribution in [0.4, 0.5) is 15.2 Å². The van der Waals surface area contributed by atoms with Gasteiger partial charge in [0.1, 0.15) is 17.0 Å². The van der Waals surface area contributed by atoms with Gasteiger partial charge >= 0.3 is 0 Å². The average Bonchev–Trinajstić information content (AvgIpc) is 3.12. The van der Waals surface area contributed by atoms with Crippen molar-refractivity contribution in [2.75, 3.05) is 23.1 Å². The Morgan fingerprint density at radius 3 is 2.78 bits per heavy atom. The van der Waals surface area contributed by atoms with E-state index >= 15 is 0 Å². The number of aromatic nitrogens is 2. The number of nitrogens with two attached hydrogens (primary N) is 1. The molecule has 1 heterocycles. The van der Waals surface area contributed by atoms with Gasteiger partial charge in [0.05, 0.1) is 10.7 Å². The van der Waals surface area contributed by atoms with Crippen molar-refractivity contribution in [2.45, 2.75) is 37.5 Å². The number of halogens is 2. The van der Waals surface area contributed by atoms with Crippen LogP contribution in [0.5, 0.6) is 0 Å². The number of hydrogen-bond acceptors (Lipinski definition) is 7. The fourth-order valence-corrected chi connectivity index (χ4v) is 4.44. The SMILES string of the molecule is C[C@@H](CN)CCCCCNc1cc(F)c(S(=O)(=O)Nc2ncns2)cc1Cl. The molecule has 1 atom stereocenters. The molecule has 27 heavy (non-hydrogen) atoms. The molecular formula is C16H23ClFN5O2S2. The van der Waals surface area contributed by atoms with Crippen LogP contribution >= 0.6 is 23.1 Å². The number of nitrogens with one attached hydrogen (secondary N) is 2. The van der Waals surface area contributed by atoms with E-state index in [0.29, 0.717) is 24.7 Å². The number of hydrogen-bond donors (Lipinski definition) is 3. The highest BCUT2D eigenvalue weighted by Crippen LogP contribution is 2.29. The van der Waals surface area contributed by atoms with Crippen LogP contribution < -0.4 is 15.8 Å². The van der Waals surface area contributed by atoms with E-state index in [1.807, 2.05) is 0 Å². The summed E-state index contributed by atoms with van der Waals surface area (Å²) in [5.74, 6) is -0.375. The number of nitrogens with zero attached hydrogens (tertiary/aromatic N) is 2. The Morgan fingerprint density at radius 2 is 2.11 bits per heavy atom. The molecule has 150 valence electrons. The highest BCUT2D eigenvalue weighted by molar-refractivity contribution is 7.93. The van der Waals surface area contributed by atoms with Crippen molar-refractivity contribution in [3.8, 4) is 0 Å². The normalized spacial score (nSPS) is 12.7. The van der Waals surface area contributed by atoms with Crippen molar-refractivity contribution in [1.82, 2.24) is 9.36 Å². The summed E-state index contributed by atoms with van der Waals surface area (Å²) in [6, 6.07) is 2.18. The molecule has 0 saturated heterocycles. The second-order valence-electron chi connectivity index (χ2n) is 6.23. The first-order valence-corrected chi connectivity index (χ1v) is 11.2. The maximum Gasteiger partial charge on any atom is 0.266 e. The van der Waals surface area contributed by atoms with Gasteiger partial charge < -0.3 is 11.1 Å². The minimum Gasteiger partial charge on any atom is -0.384 e. The molecule has 1 aromatic heterocycles.